The lowest BCUT2D eigenvalue weighted by atomic mass is 9.97. The lowest BCUT2D eigenvalue weighted by Crippen LogP contribution is -1.97. The first kappa shape index (κ1) is 11.0. The number of hydrogen-bond donors (Lipinski definition) is 1. The summed E-state index contributed by atoms with van der Waals surface area (Å²) in [6, 6.07) is 0. The Morgan fingerprint density at radius 2 is 1.77 bits per heavy atom. The predicted molar refractivity (Wildman–Crippen MR) is 56.4 cm³/mol. The van der Waals surface area contributed by atoms with Gasteiger partial charge in [-0.1, -0.05) is 45.4 Å². The third kappa shape index (κ3) is 4.12. The second kappa shape index (κ2) is 6.42. The summed E-state index contributed by atoms with van der Waals surface area (Å²) in [6.45, 7) is 4.29. The van der Waals surface area contributed by atoms with Crippen molar-refractivity contribution in [2.45, 2.75) is 51.4 Å². The van der Waals surface area contributed by atoms with Crippen LogP contribution in [-0.4, -0.2) is 11.7 Å². The Bertz CT molecular complexity index is 122. The van der Waals surface area contributed by atoms with Gasteiger partial charge in [-0.25, -0.2) is 0 Å². The van der Waals surface area contributed by atoms with Gasteiger partial charge in [0.2, 0.25) is 0 Å². The van der Waals surface area contributed by atoms with Crippen molar-refractivity contribution in [2.75, 3.05) is 6.61 Å². The number of unbranched alkanes of at least 4 members (excludes halogenated alkanes) is 1. The van der Waals surface area contributed by atoms with Gasteiger partial charge in [-0.05, 0) is 24.7 Å². The van der Waals surface area contributed by atoms with Crippen molar-refractivity contribution in [1.29, 1.82) is 0 Å². The largest absolute Gasteiger partial charge is 0.396 e. The number of rotatable bonds is 6. The van der Waals surface area contributed by atoms with Gasteiger partial charge < -0.3 is 5.11 Å². The highest BCUT2D eigenvalue weighted by atomic mass is 16.2. The minimum atomic E-state index is 0.370. The summed E-state index contributed by atoms with van der Waals surface area (Å²) in [6.07, 6.45) is 10.3. The second-order valence-corrected chi connectivity index (χ2v) is 4.41. The Balaban J connectivity index is 2.03. The average Bonchev–Trinajstić information content (AvgIpc) is 2.54. The fraction of sp³-hybridized carbons (Fsp3) is 0.917. The van der Waals surface area contributed by atoms with E-state index in [1.54, 1.807) is 0 Å². The normalized spacial score (nSPS) is 28.2. The van der Waals surface area contributed by atoms with Crippen molar-refractivity contribution in [3.8, 4) is 0 Å². The fourth-order valence-electron chi connectivity index (χ4n) is 2.54. The molecule has 0 aromatic heterocycles. The van der Waals surface area contributed by atoms with E-state index in [0.717, 1.165) is 24.7 Å². The van der Waals surface area contributed by atoms with Crippen LogP contribution >= 0.6 is 0 Å². The minimum absolute atomic E-state index is 0.370. The van der Waals surface area contributed by atoms with Crippen LogP contribution < -0.4 is 0 Å². The third-order valence-corrected chi connectivity index (χ3v) is 3.28. The van der Waals surface area contributed by atoms with Crippen LogP contribution in [0.4, 0.5) is 0 Å². The van der Waals surface area contributed by atoms with E-state index in [0.29, 0.717) is 6.61 Å². The van der Waals surface area contributed by atoms with Crippen LogP contribution in [0.15, 0.2) is 0 Å². The first-order chi connectivity index (χ1) is 6.36. The van der Waals surface area contributed by atoms with Crippen molar-refractivity contribution < 1.29 is 5.11 Å². The Hall–Kier alpha value is -0.0400. The molecule has 1 radical (unpaired) electrons. The topological polar surface area (TPSA) is 20.2 Å². The van der Waals surface area contributed by atoms with Crippen molar-refractivity contribution in [3.05, 3.63) is 6.92 Å². The highest BCUT2D eigenvalue weighted by Crippen LogP contribution is 2.36. The Kier molecular flexibility index (Phi) is 5.45. The van der Waals surface area contributed by atoms with E-state index < -0.39 is 0 Å². The summed E-state index contributed by atoms with van der Waals surface area (Å²) in [4.78, 5) is 0. The Morgan fingerprint density at radius 1 is 1.08 bits per heavy atom. The summed E-state index contributed by atoms with van der Waals surface area (Å²) >= 11 is 0. The average molecular weight is 183 g/mol. The predicted octanol–water partition coefficient (Wildman–Crippen LogP) is 3.18. The van der Waals surface area contributed by atoms with Gasteiger partial charge in [-0.2, -0.15) is 0 Å². The molecule has 13 heavy (non-hydrogen) atoms. The standard InChI is InChI=1S/C12H23O/c1-2-5-11-7-8-12(10-11)6-3-4-9-13/h11-13H,1-10H2. The minimum Gasteiger partial charge on any atom is -0.396 e. The van der Waals surface area contributed by atoms with E-state index in [-0.39, 0.29) is 0 Å². The summed E-state index contributed by atoms with van der Waals surface area (Å²) in [5.41, 5.74) is 0. The van der Waals surface area contributed by atoms with Gasteiger partial charge in [-0.15, -0.1) is 0 Å². The van der Waals surface area contributed by atoms with E-state index in [9.17, 15) is 0 Å². The van der Waals surface area contributed by atoms with Gasteiger partial charge >= 0.3 is 0 Å². The van der Waals surface area contributed by atoms with Crippen LogP contribution in [0, 0.1) is 18.8 Å². The van der Waals surface area contributed by atoms with Gasteiger partial charge in [0.25, 0.3) is 0 Å². The molecule has 1 aliphatic carbocycles. The molecule has 2 unspecified atom stereocenters. The van der Waals surface area contributed by atoms with Gasteiger partial charge in [-0.3, -0.25) is 0 Å². The summed E-state index contributed by atoms with van der Waals surface area (Å²) in [5.74, 6) is 1.93. The van der Waals surface area contributed by atoms with Gasteiger partial charge in [0.1, 0.15) is 0 Å². The Morgan fingerprint density at radius 3 is 2.38 bits per heavy atom. The van der Waals surface area contributed by atoms with E-state index >= 15 is 0 Å². The van der Waals surface area contributed by atoms with Crippen molar-refractivity contribution >= 4 is 0 Å². The molecule has 1 N–H and O–H groups in total. The molecule has 1 saturated carbocycles. The lowest BCUT2D eigenvalue weighted by molar-refractivity contribution is 0.277. The van der Waals surface area contributed by atoms with Crippen LogP contribution in [0.1, 0.15) is 51.4 Å². The highest BCUT2D eigenvalue weighted by Gasteiger charge is 2.22. The summed E-state index contributed by atoms with van der Waals surface area (Å²) < 4.78 is 0. The van der Waals surface area contributed by atoms with Crippen LogP contribution in [-0.2, 0) is 0 Å². The molecule has 1 heteroatoms. The molecule has 0 heterocycles. The van der Waals surface area contributed by atoms with E-state index in [1.165, 1.54) is 38.5 Å². The quantitative estimate of drug-likeness (QED) is 0.627. The first-order valence-electron chi connectivity index (χ1n) is 5.77. The number of aliphatic hydroxyl groups is 1. The third-order valence-electron chi connectivity index (χ3n) is 3.28. The molecule has 0 saturated heterocycles. The summed E-state index contributed by atoms with van der Waals surface area (Å²) in [7, 11) is 0. The molecule has 0 aromatic rings. The van der Waals surface area contributed by atoms with Crippen LogP contribution in [0.25, 0.3) is 0 Å². The van der Waals surface area contributed by atoms with Gasteiger partial charge in [0.15, 0.2) is 0 Å². The first-order valence-corrected chi connectivity index (χ1v) is 5.77. The molecule has 2 atom stereocenters. The molecule has 0 spiro atoms. The molecule has 1 rings (SSSR count). The van der Waals surface area contributed by atoms with E-state index in [4.69, 9.17) is 5.11 Å². The maximum atomic E-state index is 8.67. The highest BCUT2D eigenvalue weighted by molar-refractivity contribution is 4.75. The van der Waals surface area contributed by atoms with Crippen LogP contribution in [0.3, 0.4) is 0 Å². The molecule has 0 bridgehead atoms. The SMILES string of the molecule is [CH2]CCC1CCC(CCCCO)C1. The van der Waals surface area contributed by atoms with Crippen molar-refractivity contribution in [2.24, 2.45) is 11.8 Å². The maximum absolute atomic E-state index is 8.67. The van der Waals surface area contributed by atoms with E-state index in [1.807, 2.05) is 0 Å². The molecule has 1 nitrogen and oxygen atoms in total. The monoisotopic (exact) mass is 183 g/mol. The molecule has 0 aliphatic heterocycles. The zero-order chi connectivity index (χ0) is 9.52. The van der Waals surface area contributed by atoms with Gasteiger partial charge in [0, 0.05) is 6.61 Å². The van der Waals surface area contributed by atoms with Crippen molar-refractivity contribution in [1.82, 2.24) is 0 Å². The Labute approximate surface area is 82.5 Å². The molecule has 1 fully saturated rings. The zero-order valence-electron chi connectivity index (χ0n) is 8.67. The molecular formula is C12H23O. The van der Waals surface area contributed by atoms with E-state index in [2.05, 4.69) is 6.92 Å². The number of hydrogen-bond acceptors (Lipinski definition) is 1. The van der Waals surface area contributed by atoms with Crippen molar-refractivity contribution in [3.63, 3.8) is 0 Å². The summed E-state index contributed by atoms with van der Waals surface area (Å²) in [5, 5.41) is 8.67. The maximum Gasteiger partial charge on any atom is 0.0431 e. The molecule has 0 amide bonds. The molecule has 1 aliphatic rings. The zero-order valence-corrected chi connectivity index (χ0v) is 8.67. The molecule has 0 aromatic carbocycles. The molecular weight excluding hydrogens is 160 g/mol. The van der Waals surface area contributed by atoms with Crippen LogP contribution in [0.5, 0.6) is 0 Å². The fourth-order valence-corrected chi connectivity index (χ4v) is 2.54. The second-order valence-electron chi connectivity index (χ2n) is 4.41. The van der Waals surface area contributed by atoms with Gasteiger partial charge in [0.05, 0.1) is 0 Å². The smallest absolute Gasteiger partial charge is 0.0431 e. The number of aliphatic hydroxyl groups excluding tert-OH is 1. The lowest BCUT2D eigenvalue weighted by Gasteiger charge is -2.09. The molecule has 77 valence electrons. The van der Waals surface area contributed by atoms with Crippen LogP contribution in [0.2, 0.25) is 0 Å².